The molecule has 0 amide bonds. The highest BCUT2D eigenvalue weighted by Crippen LogP contribution is 2.27. The Balaban J connectivity index is 2.61. The number of esters is 1. The van der Waals surface area contributed by atoms with Crippen molar-refractivity contribution in [2.75, 3.05) is 27.4 Å². The van der Waals surface area contributed by atoms with Crippen molar-refractivity contribution in [2.45, 2.75) is 32.2 Å². The quantitative estimate of drug-likeness (QED) is 0.709. The lowest BCUT2D eigenvalue weighted by molar-refractivity contribution is -0.148. The summed E-state index contributed by atoms with van der Waals surface area (Å²) >= 11 is 0. The summed E-state index contributed by atoms with van der Waals surface area (Å²) in [5, 5.41) is 2.98. The SMILES string of the molecule is CCCOc1ccccc1OCCC(C)(NC)C(=O)OC. The van der Waals surface area contributed by atoms with E-state index in [1.165, 1.54) is 7.11 Å². The molecule has 1 aromatic carbocycles. The molecular formula is C16H25NO4. The fourth-order valence-corrected chi connectivity index (χ4v) is 1.82. The molecule has 1 aromatic rings. The molecule has 0 radical (unpaired) electrons. The van der Waals surface area contributed by atoms with Crippen LogP contribution in [0.5, 0.6) is 11.5 Å². The van der Waals surface area contributed by atoms with Crippen LogP contribution in [-0.4, -0.2) is 38.9 Å². The molecule has 0 heterocycles. The van der Waals surface area contributed by atoms with Crippen LogP contribution in [0, 0.1) is 0 Å². The predicted molar refractivity (Wildman–Crippen MR) is 81.8 cm³/mol. The van der Waals surface area contributed by atoms with Gasteiger partial charge in [-0.05, 0) is 32.5 Å². The normalized spacial score (nSPS) is 13.3. The van der Waals surface area contributed by atoms with Gasteiger partial charge < -0.3 is 19.5 Å². The average molecular weight is 295 g/mol. The molecule has 0 spiro atoms. The summed E-state index contributed by atoms with van der Waals surface area (Å²) in [6.07, 6.45) is 1.44. The summed E-state index contributed by atoms with van der Waals surface area (Å²) in [6, 6.07) is 7.54. The number of likely N-dealkylation sites (N-methyl/N-ethyl adjacent to an activating group) is 1. The predicted octanol–water partition coefficient (Wildman–Crippen LogP) is 2.40. The summed E-state index contributed by atoms with van der Waals surface area (Å²) in [6.45, 7) is 4.88. The fourth-order valence-electron chi connectivity index (χ4n) is 1.82. The van der Waals surface area contributed by atoms with Crippen LogP contribution >= 0.6 is 0 Å². The van der Waals surface area contributed by atoms with Gasteiger partial charge in [-0.15, -0.1) is 0 Å². The first-order chi connectivity index (χ1) is 10.1. The summed E-state index contributed by atoms with van der Waals surface area (Å²) in [5.41, 5.74) is -0.756. The van der Waals surface area contributed by atoms with Gasteiger partial charge in [0.2, 0.25) is 0 Å². The molecule has 0 aliphatic heterocycles. The summed E-state index contributed by atoms with van der Waals surface area (Å²) in [4.78, 5) is 11.8. The monoisotopic (exact) mass is 295 g/mol. The van der Waals surface area contributed by atoms with Crippen LogP contribution in [0.4, 0.5) is 0 Å². The molecule has 0 bridgehead atoms. The first kappa shape index (κ1) is 17.3. The van der Waals surface area contributed by atoms with Gasteiger partial charge in [-0.1, -0.05) is 19.1 Å². The zero-order valence-electron chi connectivity index (χ0n) is 13.3. The molecule has 21 heavy (non-hydrogen) atoms. The summed E-state index contributed by atoms with van der Waals surface area (Å²) < 4.78 is 16.2. The van der Waals surface area contributed by atoms with Gasteiger partial charge in [0.05, 0.1) is 20.3 Å². The van der Waals surface area contributed by atoms with Crippen molar-refractivity contribution in [3.8, 4) is 11.5 Å². The number of benzene rings is 1. The highest BCUT2D eigenvalue weighted by atomic mass is 16.5. The van der Waals surface area contributed by atoms with Gasteiger partial charge in [0, 0.05) is 6.42 Å². The number of methoxy groups -OCH3 is 1. The topological polar surface area (TPSA) is 56.8 Å². The smallest absolute Gasteiger partial charge is 0.325 e. The number of nitrogens with one attached hydrogen (secondary N) is 1. The third-order valence-corrected chi connectivity index (χ3v) is 3.36. The highest BCUT2D eigenvalue weighted by Gasteiger charge is 2.32. The van der Waals surface area contributed by atoms with Crippen molar-refractivity contribution in [3.05, 3.63) is 24.3 Å². The Kier molecular flexibility index (Phi) is 7.02. The van der Waals surface area contributed by atoms with Gasteiger partial charge in [0.25, 0.3) is 0 Å². The molecule has 1 unspecified atom stereocenters. The maximum Gasteiger partial charge on any atom is 0.325 e. The number of hydrogen-bond donors (Lipinski definition) is 1. The first-order valence-electron chi connectivity index (χ1n) is 7.19. The lowest BCUT2D eigenvalue weighted by Gasteiger charge is -2.26. The number of ether oxygens (including phenoxy) is 3. The Hall–Kier alpha value is -1.75. The van der Waals surface area contributed by atoms with E-state index in [-0.39, 0.29) is 5.97 Å². The second-order valence-corrected chi connectivity index (χ2v) is 4.97. The lowest BCUT2D eigenvalue weighted by Crippen LogP contribution is -2.49. The summed E-state index contributed by atoms with van der Waals surface area (Å²) in [7, 11) is 3.11. The number of para-hydroxylation sites is 2. The van der Waals surface area contributed by atoms with Gasteiger partial charge in [-0.3, -0.25) is 4.79 Å². The van der Waals surface area contributed by atoms with Crippen molar-refractivity contribution < 1.29 is 19.0 Å². The van der Waals surface area contributed by atoms with Crippen LogP contribution in [0.2, 0.25) is 0 Å². The van der Waals surface area contributed by atoms with Crippen molar-refractivity contribution >= 4 is 5.97 Å². The Labute approximate surface area is 126 Å². The molecule has 5 nitrogen and oxygen atoms in total. The average Bonchev–Trinajstić information content (AvgIpc) is 2.52. The molecule has 0 saturated carbocycles. The zero-order valence-corrected chi connectivity index (χ0v) is 13.3. The molecule has 1 atom stereocenters. The van der Waals surface area contributed by atoms with E-state index in [0.717, 1.165) is 12.2 Å². The van der Waals surface area contributed by atoms with Crippen molar-refractivity contribution in [2.24, 2.45) is 0 Å². The molecule has 5 heteroatoms. The molecule has 0 aliphatic carbocycles. The maximum absolute atomic E-state index is 11.8. The maximum atomic E-state index is 11.8. The van der Waals surface area contributed by atoms with Crippen LogP contribution in [0.1, 0.15) is 26.7 Å². The Morgan fingerprint density at radius 2 is 1.76 bits per heavy atom. The first-order valence-corrected chi connectivity index (χ1v) is 7.19. The van der Waals surface area contributed by atoms with Crippen LogP contribution in [-0.2, 0) is 9.53 Å². The number of carbonyl (C=O) groups is 1. The van der Waals surface area contributed by atoms with E-state index < -0.39 is 5.54 Å². The fraction of sp³-hybridized carbons (Fsp3) is 0.562. The van der Waals surface area contributed by atoms with E-state index in [2.05, 4.69) is 12.2 Å². The highest BCUT2D eigenvalue weighted by molar-refractivity contribution is 5.80. The van der Waals surface area contributed by atoms with E-state index >= 15 is 0 Å². The molecule has 0 saturated heterocycles. The lowest BCUT2D eigenvalue weighted by atomic mass is 9.99. The number of hydrogen-bond acceptors (Lipinski definition) is 5. The van der Waals surface area contributed by atoms with Crippen LogP contribution in [0.3, 0.4) is 0 Å². The molecule has 0 aromatic heterocycles. The van der Waals surface area contributed by atoms with Gasteiger partial charge in [0.15, 0.2) is 11.5 Å². The van der Waals surface area contributed by atoms with Crippen LogP contribution in [0.15, 0.2) is 24.3 Å². The van der Waals surface area contributed by atoms with E-state index in [1.54, 1.807) is 14.0 Å². The van der Waals surface area contributed by atoms with Crippen molar-refractivity contribution in [1.29, 1.82) is 0 Å². The van der Waals surface area contributed by atoms with Gasteiger partial charge in [-0.25, -0.2) is 0 Å². The molecule has 1 N–H and O–H groups in total. The van der Waals surface area contributed by atoms with Crippen molar-refractivity contribution in [3.63, 3.8) is 0 Å². The van der Waals surface area contributed by atoms with Crippen LogP contribution in [0.25, 0.3) is 0 Å². The van der Waals surface area contributed by atoms with E-state index in [1.807, 2.05) is 24.3 Å². The number of rotatable bonds is 9. The van der Waals surface area contributed by atoms with Gasteiger partial charge in [-0.2, -0.15) is 0 Å². The third kappa shape index (κ3) is 4.93. The minimum absolute atomic E-state index is 0.302. The molecule has 0 aliphatic rings. The minimum Gasteiger partial charge on any atom is -0.490 e. The second kappa shape index (κ2) is 8.52. The Bertz CT molecular complexity index is 450. The van der Waals surface area contributed by atoms with Gasteiger partial charge >= 0.3 is 5.97 Å². The Morgan fingerprint density at radius 3 is 2.24 bits per heavy atom. The van der Waals surface area contributed by atoms with E-state index in [0.29, 0.717) is 25.4 Å². The Morgan fingerprint density at radius 1 is 1.19 bits per heavy atom. The molecule has 1 rings (SSSR count). The second-order valence-electron chi connectivity index (χ2n) is 4.97. The van der Waals surface area contributed by atoms with E-state index in [9.17, 15) is 4.79 Å². The van der Waals surface area contributed by atoms with E-state index in [4.69, 9.17) is 14.2 Å². The molecule has 118 valence electrons. The van der Waals surface area contributed by atoms with Gasteiger partial charge in [0.1, 0.15) is 5.54 Å². The molecular weight excluding hydrogens is 270 g/mol. The van der Waals surface area contributed by atoms with Crippen LogP contribution < -0.4 is 14.8 Å². The largest absolute Gasteiger partial charge is 0.490 e. The molecule has 0 fully saturated rings. The third-order valence-electron chi connectivity index (χ3n) is 3.36. The standard InChI is InChI=1S/C16H25NO4/c1-5-11-20-13-8-6-7-9-14(13)21-12-10-16(2,17-3)15(18)19-4/h6-9,17H,5,10-12H2,1-4H3. The van der Waals surface area contributed by atoms with Crippen molar-refractivity contribution in [1.82, 2.24) is 5.32 Å². The summed E-state index contributed by atoms with van der Waals surface area (Å²) in [5.74, 6) is 1.11. The minimum atomic E-state index is -0.756. The zero-order chi connectivity index (χ0) is 15.7. The number of carbonyl (C=O) groups excluding carboxylic acids is 1.